The quantitative estimate of drug-likeness (QED) is 0.847. The molecule has 20 heavy (non-hydrogen) atoms. The monoisotopic (exact) mass is 278 g/mol. The highest BCUT2D eigenvalue weighted by Gasteiger charge is 2.22. The Kier molecular flexibility index (Phi) is 4.94. The van der Waals surface area contributed by atoms with Crippen LogP contribution in [0, 0.1) is 17.1 Å². The van der Waals surface area contributed by atoms with Crippen LogP contribution >= 0.6 is 0 Å². The number of halogens is 1. The zero-order valence-electron chi connectivity index (χ0n) is 11.8. The number of ether oxygens (including phenoxy) is 2. The fourth-order valence-corrected chi connectivity index (χ4v) is 2.18. The van der Waals surface area contributed by atoms with Gasteiger partial charge in [-0.1, -0.05) is 0 Å². The minimum absolute atomic E-state index is 0.00939. The summed E-state index contributed by atoms with van der Waals surface area (Å²) >= 11 is 0. The van der Waals surface area contributed by atoms with E-state index < -0.39 is 5.82 Å². The molecule has 2 rings (SSSR count). The molecule has 1 aromatic carbocycles. The van der Waals surface area contributed by atoms with Crippen LogP contribution in [-0.2, 0) is 4.74 Å². The van der Waals surface area contributed by atoms with Gasteiger partial charge < -0.3 is 9.47 Å². The lowest BCUT2D eigenvalue weighted by atomic mass is 10.2. The van der Waals surface area contributed by atoms with Gasteiger partial charge in [0, 0.05) is 25.2 Å². The van der Waals surface area contributed by atoms with E-state index in [0.717, 1.165) is 13.1 Å². The normalized spacial score (nSPS) is 19.9. The van der Waals surface area contributed by atoms with Crippen molar-refractivity contribution in [2.45, 2.75) is 26.0 Å². The van der Waals surface area contributed by atoms with E-state index in [1.54, 1.807) is 12.1 Å². The number of morpholine rings is 1. The molecule has 0 saturated carbocycles. The first kappa shape index (κ1) is 14.8. The molecule has 0 bridgehead atoms. The molecular weight excluding hydrogens is 259 g/mol. The molecule has 1 fully saturated rings. The number of hydrogen-bond acceptors (Lipinski definition) is 4. The van der Waals surface area contributed by atoms with Crippen molar-refractivity contribution >= 4 is 0 Å². The van der Waals surface area contributed by atoms with Gasteiger partial charge in [-0.25, -0.2) is 4.39 Å². The summed E-state index contributed by atoms with van der Waals surface area (Å²) in [4.78, 5) is 2.33. The van der Waals surface area contributed by atoms with Gasteiger partial charge >= 0.3 is 0 Å². The van der Waals surface area contributed by atoms with E-state index in [2.05, 4.69) is 18.7 Å². The average Bonchev–Trinajstić information content (AvgIpc) is 2.45. The highest BCUT2D eigenvalue weighted by molar-refractivity contribution is 5.36. The lowest BCUT2D eigenvalue weighted by molar-refractivity contribution is -0.0564. The van der Waals surface area contributed by atoms with Gasteiger partial charge in [-0.05, 0) is 26.0 Å². The summed E-state index contributed by atoms with van der Waals surface area (Å²) in [6.45, 7) is 7.12. The first-order valence-corrected chi connectivity index (χ1v) is 6.78. The van der Waals surface area contributed by atoms with Crippen LogP contribution in [0.5, 0.6) is 5.75 Å². The Balaban J connectivity index is 1.89. The predicted molar refractivity (Wildman–Crippen MR) is 73.1 cm³/mol. The molecule has 4 nitrogen and oxygen atoms in total. The number of nitrogens with zero attached hydrogens (tertiary/aromatic N) is 2. The summed E-state index contributed by atoms with van der Waals surface area (Å²) in [5.41, 5.74) is 0.0252. The van der Waals surface area contributed by atoms with Crippen molar-refractivity contribution in [2.24, 2.45) is 0 Å². The van der Waals surface area contributed by atoms with E-state index >= 15 is 0 Å². The van der Waals surface area contributed by atoms with Crippen molar-refractivity contribution in [3.05, 3.63) is 29.6 Å². The average molecular weight is 278 g/mol. The largest absolute Gasteiger partial charge is 0.491 e. The molecule has 1 aromatic rings. The summed E-state index contributed by atoms with van der Waals surface area (Å²) in [5, 5.41) is 8.67. The van der Waals surface area contributed by atoms with Gasteiger partial charge in [0.25, 0.3) is 0 Å². The Morgan fingerprint density at radius 1 is 1.55 bits per heavy atom. The number of nitriles is 1. The van der Waals surface area contributed by atoms with Crippen LogP contribution in [0.1, 0.15) is 19.4 Å². The Labute approximate surface area is 118 Å². The molecule has 5 heteroatoms. The molecule has 1 heterocycles. The molecule has 1 aliphatic heterocycles. The third-order valence-corrected chi connectivity index (χ3v) is 3.40. The summed E-state index contributed by atoms with van der Waals surface area (Å²) in [7, 11) is 0. The lowest BCUT2D eigenvalue weighted by Crippen LogP contribution is -2.47. The molecule has 0 N–H and O–H groups in total. The maximum Gasteiger partial charge on any atom is 0.144 e. The van der Waals surface area contributed by atoms with Crippen LogP contribution in [0.15, 0.2) is 18.2 Å². The molecule has 0 amide bonds. The SMILES string of the molecule is CC(C)N1CCOC(COc2ccc(C#N)c(F)c2)C1. The second-order valence-electron chi connectivity index (χ2n) is 5.15. The fourth-order valence-electron chi connectivity index (χ4n) is 2.18. The number of benzene rings is 1. The van der Waals surface area contributed by atoms with Crippen molar-refractivity contribution in [2.75, 3.05) is 26.3 Å². The minimum Gasteiger partial charge on any atom is -0.491 e. The van der Waals surface area contributed by atoms with Gasteiger partial charge in [0.2, 0.25) is 0 Å². The maximum atomic E-state index is 13.4. The molecule has 0 aliphatic carbocycles. The van der Waals surface area contributed by atoms with E-state index in [9.17, 15) is 4.39 Å². The highest BCUT2D eigenvalue weighted by Crippen LogP contribution is 2.17. The van der Waals surface area contributed by atoms with E-state index in [1.165, 1.54) is 12.1 Å². The van der Waals surface area contributed by atoms with Crippen LogP contribution in [0.3, 0.4) is 0 Å². The van der Waals surface area contributed by atoms with Crippen molar-refractivity contribution in [1.29, 1.82) is 5.26 Å². The predicted octanol–water partition coefficient (Wildman–Crippen LogP) is 2.19. The van der Waals surface area contributed by atoms with Crippen LogP contribution in [-0.4, -0.2) is 43.3 Å². The van der Waals surface area contributed by atoms with Crippen LogP contribution in [0.2, 0.25) is 0 Å². The first-order chi connectivity index (χ1) is 9.60. The highest BCUT2D eigenvalue weighted by atomic mass is 19.1. The topological polar surface area (TPSA) is 45.5 Å². The van der Waals surface area contributed by atoms with Crippen LogP contribution < -0.4 is 4.74 Å². The van der Waals surface area contributed by atoms with Gasteiger partial charge in [-0.15, -0.1) is 0 Å². The summed E-state index contributed by atoms with van der Waals surface area (Å²) in [6, 6.07) is 6.53. The second-order valence-corrected chi connectivity index (χ2v) is 5.15. The van der Waals surface area contributed by atoms with Gasteiger partial charge in [0.15, 0.2) is 0 Å². The Morgan fingerprint density at radius 3 is 3.00 bits per heavy atom. The third-order valence-electron chi connectivity index (χ3n) is 3.40. The van der Waals surface area contributed by atoms with E-state index in [1.807, 2.05) is 0 Å². The molecule has 108 valence electrons. The standard InChI is InChI=1S/C15H19FN2O2/c1-11(2)18-5-6-19-14(9-18)10-20-13-4-3-12(8-17)15(16)7-13/h3-4,7,11,14H,5-6,9-10H2,1-2H3. The van der Waals surface area contributed by atoms with Crippen molar-refractivity contribution in [1.82, 2.24) is 4.90 Å². The Morgan fingerprint density at radius 2 is 2.35 bits per heavy atom. The van der Waals surface area contributed by atoms with Crippen molar-refractivity contribution in [3.63, 3.8) is 0 Å². The molecule has 1 aliphatic rings. The van der Waals surface area contributed by atoms with E-state index in [4.69, 9.17) is 14.7 Å². The first-order valence-electron chi connectivity index (χ1n) is 6.78. The zero-order valence-corrected chi connectivity index (χ0v) is 11.8. The van der Waals surface area contributed by atoms with Gasteiger partial charge in [0.1, 0.15) is 30.3 Å². The van der Waals surface area contributed by atoms with Gasteiger partial charge in [-0.2, -0.15) is 5.26 Å². The maximum absolute atomic E-state index is 13.4. The number of hydrogen-bond donors (Lipinski definition) is 0. The third kappa shape index (κ3) is 3.69. The molecular formula is C15H19FN2O2. The molecule has 1 saturated heterocycles. The zero-order chi connectivity index (χ0) is 14.5. The molecule has 0 spiro atoms. The lowest BCUT2D eigenvalue weighted by Gasteiger charge is -2.35. The summed E-state index contributed by atoms with van der Waals surface area (Å²) in [5.74, 6) is -0.134. The molecule has 1 atom stereocenters. The van der Waals surface area contributed by atoms with Crippen LogP contribution in [0.25, 0.3) is 0 Å². The van der Waals surface area contributed by atoms with Gasteiger partial charge in [0.05, 0.1) is 12.2 Å². The second kappa shape index (κ2) is 6.69. The summed E-state index contributed by atoms with van der Waals surface area (Å²) in [6.07, 6.45) is -0.00939. The summed E-state index contributed by atoms with van der Waals surface area (Å²) < 4.78 is 24.6. The molecule has 0 aromatic heterocycles. The minimum atomic E-state index is -0.557. The Bertz CT molecular complexity index is 499. The van der Waals surface area contributed by atoms with Crippen molar-refractivity contribution < 1.29 is 13.9 Å². The smallest absolute Gasteiger partial charge is 0.144 e. The van der Waals surface area contributed by atoms with Crippen molar-refractivity contribution in [3.8, 4) is 11.8 Å². The number of rotatable bonds is 4. The molecule has 1 unspecified atom stereocenters. The molecule has 0 radical (unpaired) electrons. The van der Waals surface area contributed by atoms with Gasteiger partial charge in [-0.3, -0.25) is 4.90 Å². The van der Waals surface area contributed by atoms with E-state index in [0.29, 0.717) is 25.0 Å². The van der Waals surface area contributed by atoms with Crippen LogP contribution in [0.4, 0.5) is 4.39 Å². The Hall–Kier alpha value is -1.64. The fraction of sp³-hybridized carbons (Fsp3) is 0.533. The van der Waals surface area contributed by atoms with E-state index in [-0.39, 0.29) is 11.7 Å².